The first-order chi connectivity index (χ1) is 10.6. The molecule has 3 rings (SSSR count). The zero-order valence-corrected chi connectivity index (χ0v) is 12.3. The van der Waals surface area contributed by atoms with Gasteiger partial charge in [-0.2, -0.15) is 0 Å². The smallest absolute Gasteiger partial charge is 0.395 e. The fourth-order valence-corrected chi connectivity index (χ4v) is 2.98. The van der Waals surface area contributed by atoms with Gasteiger partial charge in [0.2, 0.25) is 0 Å². The monoisotopic (exact) mass is 303 g/mol. The normalized spacial score (nSPS) is 18.4. The van der Waals surface area contributed by atoms with Gasteiger partial charge >= 0.3 is 5.88 Å². The molecule has 2 aromatic heterocycles. The summed E-state index contributed by atoms with van der Waals surface area (Å²) in [5.41, 5.74) is 1.06. The van der Waals surface area contributed by atoms with Gasteiger partial charge in [0.25, 0.3) is 5.91 Å². The molecule has 1 saturated heterocycles. The third-order valence-corrected chi connectivity index (χ3v) is 4.07. The summed E-state index contributed by atoms with van der Waals surface area (Å²) in [6, 6.07) is 6.52. The summed E-state index contributed by atoms with van der Waals surface area (Å²) in [7, 11) is 1.95. The molecule has 0 bridgehead atoms. The maximum Gasteiger partial charge on any atom is 0.433 e. The predicted octanol–water partition coefficient (Wildman–Crippen LogP) is 2.89. The molecule has 1 amide bonds. The van der Waals surface area contributed by atoms with Crippen LogP contribution in [-0.4, -0.2) is 26.8 Å². The van der Waals surface area contributed by atoms with Crippen LogP contribution in [0.1, 0.15) is 41.6 Å². The third kappa shape index (κ3) is 2.49. The van der Waals surface area contributed by atoms with Gasteiger partial charge in [-0.05, 0) is 37.5 Å². The number of nitrogens with zero attached hydrogens (tertiary/aromatic N) is 3. The largest absolute Gasteiger partial charge is 0.433 e. The second kappa shape index (κ2) is 5.67. The minimum absolute atomic E-state index is 0.0211. The fourth-order valence-electron chi connectivity index (χ4n) is 2.98. The maximum absolute atomic E-state index is 12.7. The van der Waals surface area contributed by atoms with Crippen LogP contribution in [0.4, 0.5) is 5.88 Å². The minimum atomic E-state index is -0.637. The van der Waals surface area contributed by atoms with Crippen molar-refractivity contribution in [1.82, 2.24) is 9.47 Å². The Morgan fingerprint density at radius 3 is 2.82 bits per heavy atom. The van der Waals surface area contributed by atoms with Crippen molar-refractivity contribution in [2.75, 3.05) is 6.54 Å². The number of likely N-dealkylation sites (tertiary alicyclic amines) is 1. The van der Waals surface area contributed by atoms with Crippen molar-refractivity contribution in [3.8, 4) is 0 Å². The minimum Gasteiger partial charge on any atom is -0.395 e. The van der Waals surface area contributed by atoms with Crippen LogP contribution < -0.4 is 0 Å². The number of carbonyl (C=O) groups is 1. The molecule has 0 aliphatic carbocycles. The highest BCUT2D eigenvalue weighted by atomic mass is 16.6. The molecule has 22 heavy (non-hydrogen) atoms. The number of aromatic nitrogens is 1. The number of hydrogen-bond acceptors (Lipinski definition) is 4. The SMILES string of the molecule is Cn1cccc1[C@@H]1CCCCN1C(=O)c1ccc([N+](=O)[O-])o1. The van der Waals surface area contributed by atoms with Gasteiger partial charge in [-0.25, -0.2) is 0 Å². The van der Waals surface area contributed by atoms with E-state index in [1.807, 2.05) is 29.9 Å². The molecule has 0 spiro atoms. The zero-order chi connectivity index (χ0) is 15.7. The zero-order valence-electron chi connectivity index (χ0n) is 12.3. The summed E-state index contributed by atoms with van der Waals surface area (Å²) in [5, 5.41) is 10.7. The lowest BCUT2D eigenvalue weighted by atomic mass is 9.99. The molecule has 7 heteroatoms. The van der Waals surface area contributed by atoms with Crippen LogP contribution in [0.3, 0.4) is 0 Å². The number of furan rings is 1. The van der Waals surface area contributed by atoms with Crippen LogP contribution >= 0.6 is 0 Å². The quantitative estimate of drug-likeness (QED) is 0.645. The molecule has 0 unspecified atom stereocenters. The Kier molecular flexibility index (Phi) is 3.70. The molecule has 0 radical (unpaired) electrons. The summed E-state index contributed by atoms with van der Waals surface area (Å²) in [5.74, 6) is -0.678. The van der Waals surface area contributed by atoms with Crippen LogP contribution in [0, 0.1) is 10.1 Å². The molecule has 1 fully saturated rings. The highest BCUT2D eigenvalue weighted by Crippen LogP contribution is 2.32. The average Bonchev–Trinajstić information content (AvgIpc) is 3.15. The number of piperidine rings is 1. The lowest BCUT2D eigenvalue weighted by molar-refractivity contribution is -0.402. The van der Waals surface area contributed by atoms with E-state index in [0.717, 1.165) is 25.0 Å². The predicted molar refractivity (Wildman–Crippen MR) is 78.4 cm³/mol. The van der Waals surface area contributed by atoms with Gasteiger partial charge in [0.15, 0.2) is 5.76 Å². The molecule has 1 aliphatic rings. The Bertz CT molecular complexity index is 703. The van der Waals surface area contributed by atoms with Crippen molar-refractivity contribution in [3.05, 3.63) is 52.0 Å². The van der Waals surface area contributed by atoms with Gasteiger partial charge in [-0.1, -0.05) is 0 Å². The number of aryl methyl sites for hydroxylation is 1. The van der Waals surface area contributed by atoms with Gasteiger partial charge in [0.05, 0.1) is 12.1 Å². The molecular weight excluding hydrogens is 286 g/mol. The highest BCUT2D eigenvalue weighted by molar-refractivity contribution is 5.92. The molecule has 116 valence electrons. The van der Waals surface area contributed by atoms with E-state index in [1.165, 1.54) is 12.1 Å². The number of nitro groups is 1. The average molecular weight is 303 g/mol. The first-order valence-electron chi connectivity index (χ1n) is 7.24. The van der Waals surface area contributed by atoms with E-state index in [0.29, 0.717) is 6.54 Å². The number of rotatable bonds is 3. The summed E-state index contributed by atoms with van der Waals surface area (Å²) in [6.45, 7) is 0.628. The van der Waals surface area contributed by atoms with E-state index in [2.05, 4.69) is 0 Å². The molecule has 0 N–H and O–H groups in total. The summed E-state index contributed by atoms with van der Waals surface area (Å²) < 4.78 is 7.06. The first-order valence-corrected chi connectivity index (χ1v) is 7.24. The van der Waals surface area contributed by atoms with Crippen LogP contribution in [0.5, 0.6) is 0 Å². The van der Waals surface area contributed by atoms with E-state index in [9.17, 15) is 14.9 Å². The van der Waals surface area contributed by atoms with Crippen molar-refractivity contribution in [2.45, 2.75) is 25.3 Å². The molecule has 2 aromatic rings. The summed E-state index contributed by atoms with van der Waals surface area (Å²) >= 11 is 0. The van der Waals surface area contributed by atoms with E-state index >= 15 is 0 Å². The Morgan fingerprint density at radius 2 is 2.18 bits per heavy atom. The van der Waals surface area contributed by atoms with Crippen LogP contribution in [0.25, 0.3) is 0 Å². The molecule has 7 nitrogen and oxygen atoms in total. The Labute approximate surface area is 127 Å². The third-order valence-electron chi connectivity index (χ3n) is 4.07. The molecular formula is C15H17N3O4. The van der Waals surface area contributed by atoms with Crippen LogP contribution in [0.2, 0.25) is 0 Å². The Hall–Kier alpha value is -2.57. The van der Waals surface area contributed by atoms with E-state index < -0.39 is 10.8 Å². The highest BCUT2D eigenvalue weighted by Gasteiger charge is 2.32. The molecule has 0 aromatic carbocycles. The molecule has 0 saturated carbocycles. The van der Waals surface area contributed by atoms with Gasteiger partial charge in [0, 0.05) is 25.5 Å². The van der Waals surface area contributed by atoms with E-state index in [-0.39, 0.29) is 17.7 Å². The van der Waals surface area contributed by atoms with Crippen LogP contribution in [-0.2, 0) is 7.05 Å². The van der Waals surface area contributed by atoms with Gasteiger partial charge < -0.3 is 13.9 Å². The van der Waals surface area contributed by atoms with E-state index in [1.54, 1.807) is 4.90 Å². The molecule has 1 atom stereocenters. The lowest BCUT2D eigenvalue weighted by Gasteiger charge is -2.35. The van der Waals surface area contributed by atoms with Crippen molar-refractivity contribution in [3.63, 3.8) is 0 Å². The molecule has 1 aliphatic heterocycles. The molecule has 3 heterocycles. The fraction of sp³-hybridized carbons (Fsp3) is 0.400. The number of hydrogen-bond donors (Lipinski definition) is 0. The van der Waals surface area contributed by atoms with E-state index in [4.69, 9.17) is 4.42 Å². The van der Waals surface area contributed by atoms with Crippen LogP contribution in [0.15, 0.2) is 34.9 Å². The summed E-state index contributed by atoms with van der Waals surface area (Å²) in [4.78, 5) is 24.5. The van der Waals surface area contributed by atoms with Gasteiger partial charge in [-0.3, -0.25) is 14.9 Å². The topological polar surface area (TPSA) is 81.5 Å². The Balaban J connectivity index is 1.88. The van der Waals surface area contributed by atoms with Crippen molar-refractivity contribution < 1.29 is 14.1 Å². The standard InChI is InChI=1S/C15H17N3O4/c1-16-9-4-6-11(16)12-5-2-3-10-17(12)15(19)13-7-8-14(22-13)18(20)21/h4,6-9,12H,2-3,5,10H2,1H3/t12-/m0/s1. The lowest BCUT2D eigenvalue weighted by Crippen LogP contribution is -2.39. The van der Waals surface area contributed by atoms with Crippen molar-refractivity contribution in [1.29, 1.82) is 0 Å². The number of carbonyl (C=O) groups excluding carboxylic acids is 1. The first kappa shape index (κ1) is 14.4. The summed E-state index contributed by atoms with van der Waals surface area (Å²) in [6.07, 6.45) is 4.81. The maximum atomic E-state index is 12.7. The van der Waals surface area contributed by atoms with Gasteiger partial charge in [0.1, 0.15) is 4.92 Å². The van der Waals surface area contributed by atoms with Crippen molar-refractivity contribution >= 4 is 11.8 Å². The van der Waals surface area contributed by atoms with Gasteiger partial charge in [-0.15, -0.1) is 0 Å². The number of amides is 1. The second-order valence-electron chi connectivity index (χ2n) is 5.45. The second-order valence-corrected chi connectivity index (χ2v) is 5.45. The van der Waals surface area contributed by atoms with Crippen molar-refractivity contribution in [2.24, 2.45) is 7.05 Å². The Morgan fingerprint density at radius 1 is 1.36 bits per heavy atom.